The van der Waals surface area contributed by atoms with Crippen molar-refractivity contribution >= 4 is 18.2 Å². The van der Waals surface area contributed by atoms with Gasteiger partial charge < -0.3 is 4.74 Å². The van der Waals surface area contributed by atoms with Crippen LogP contribution in [0.3, 0.4) is 0 Å². The van der Waals surface area contributed by atoms with Crippen LogP contribution in [0.25, 0.3) is 0 Å². The van der Waals surface area contributed by atoms with Crippen molar-refractivity contribution < 1.29 is 9.53 Å². The van der Waals surface area contributed by atoms with E-state index in [1.165, 1.54) is 6.33 Å². The number of ether oxygens (including phenoxy) is 1. The monoisotopic (exact) mass is 198 g/mol. The third-order valence-electron chi connectivity index (χ3n) is 1.55. The van der Waals surface area contributed by atoms with Gasteiger partial charge in [0, 0.05) is 18.0 Å². The molecule has 0 fully saturated rings. The summed E-state index contributed by atoms with van der Waals surface area (Å²) >= 11 is 1.60. The van der Waals surface area contributed by atoms with E-state index in [1.54, 1.807) is 24.2 Å². The minimum absolute atomic E-state index is 0.117. The first-order chi connectivity index (χ1) is 6.38. The average molecular weight is 198 g/mol. The molecule has 1 rings (SSSR count). The molecule has 0 N–H and O–H groups in total. The van der Waals surface area contributed by atoms with E-state index in [1.807, 2.05) is 6.26 Å². The summed E-state index contributed by atoms with van der Waals surface area (Å²) in [4.78, 5) is 17.8. The molecule has 1 aromatic rings. The number of aromatic nitrogens is 2. The van der Waals surface area contributed by atoms with Gasteiger partial charge in [0.15, 0.2) is 0 Å². The minimum atomic E-state index is 0.117. The van der Waals surface area contributed by atoms with Gasteiger partial charge in [-0.3, -0.25) is 4.79 Å². The molecule has 0 amide bonds. The van der Waals surface area contributed by atoms with E-state index in [0.717, 1.165) is 5.56 Å². The van der Waals surface area contributed by atoms with Gasteiger partial charge in [-0.1, -0.05) is 0 Å². The van der Waals surface area contributed by atoms with Crippen LogP contribution >= 0.6 is 11.8 Å². The number of rotatable bonds is 5. The lowest BCUT2D eigenvalue weighted by molar-refractivity contribution is -0.128. The lowest BCUT2D eigenvalue weighted by atomic mass is 10.2. The number of carbonyl (C=O) groups is 1. The predicted molar refractivity (Wildman–Crippen MR) is 50.3 cm³/mol. The van der Waals surface area contributed by atoms with Gasteiger partial charge in [0.05, 0.1) is 5.25 Å². The number of hydrogen-bond donors (Lipinski definition) is 0. The number of thioether (sulfide) groups is 1. The fourth-order valence-corrected chi connectivity index (χ4v) is 1.51. The van der Waals surface area contributed by atoms with E-state index in [9.17, 15) is 4.79 Å². The van der Waals surface area contributed by atoms with Gasteiger partial charge in [-0.2, -0.15) is 11.8 Å². The van der Waals surface area contributed by atoms with Gasteiger partial charge in [0.2, 0.25) is 0 Å². The van der Waals surface area contributed by atoms with Crippen molar-refractivity contribution in [1.82, 2.24) is 9.97 Å². The van der Waals surface area contributed by atoms with Gasteiger partial charge in [0.1, 0.15) is 12.9 Å². The van der Waals surface area contributed by atoms with Crippen LogP contribution in [0, 0.1) is 0 Å². The lowest BCUT2D eigenvalue weighted by Gasteiger charge is -2.11. The lowest BCUT2D eigenvalue weighted by Crippen LogP contribution is -2.04. The number of nitrogens with zero attached hydrogens (tertiary/aromatic N) is 2. The molecule has 0 aliphatic rings. The Hall–Kier alpha value is -1.10. The number of carbonyl (C=O) groups excluding carboxylic acids is 1. The van der Waals surface area contributed by atoms with Crippen molar-refractivity contribution in [3.8, 4) is 0 Å². The van der Waals surface area contributed by atoms with Gasteiger partial charge in [-0.25, -0.2) is 9.97 Å². The molecule has 0 aromatic carbocycles. The van der Waals surface area contributed by atoms with Crippen molar-refractivity contribution in [2.24, 2.45) is 0 Å². The van der Waals surface area contributed by atoms with E-state index in [2.05, 4.69) is 14.7 Å². The maximum atomic E-state index is 9.99. The zero-order valence-corrected chi connectivity index (χ0v) is 8.03. The van der Waals surface area contributed by atoms with Gasteiger partial charge in [-0.15, -0.1) is 0 Å². The first-order valence-electron chi connectivity index (χ1n) is 3.71. The molecule has 1 atom stereocenters. The SMILES string of the molecule is CSC(COC=O)c1cncnc1. The first kappa shape index (κ1) is 9.98. The van der Waals surface area contributed by atoms with E-state index >= 15 is 0 Å². The molecule has 0 bridgehead atoms. The summed E-state index contributed by atoms with van der Waals surface area (Å²) in [6.45, 7) is 0.811. The van der Waals surface area contributed by atoms with Gasteiger partial charge in [-0.05, 0) is 6.26 Å². The van der Waals surface area contributed by atoms with Crippen LogP contribution in [0.5, 0.6) is 0 Å². The summed E-state index contributed by atoms with van der Waals surface area (Å²) in [6.07, 6.45) is 6.87. The highest BCUT2D eigenvalue weighted by molar-refractivity contribution is 7.98. The number of hydrogen-bond acceptors (Lipinski definition) is 5. The van der Waals surface area contributed by atoms with Crippen LogP contribution in [0.15, 0.2) is 18.7 Å². The van der Waals surface area contributed by atoms with Crippen molar-refractivity contribution in [2.75, 3.05) is 12.9 Å². The first-order valence-corrected chi connectivity index (χ1v) is 5.00. The molecule has 70 valence electrons. The summed E-state index contributed by atoms with van der Waals surface area (Å²) in [5.41, 5.74) is 0.969. The van der Waals surface area contributed by atoms with Crippen LogP contribution in [0.1, 0.15) is 10.8 Å². The third-order valence-corrected chi connectivity index (χ3v) is 2.53. The second-order valence-electron chi connectivity index (χ2n) is 2.33. The van der Waals surface area contributed by atoms with Crippen LogP contribution in [0.2, 0.25) is 0 Å². The summed E-state index contributed by atoms with van der Waals surface area (Å²) in [5, 5.41) is 0.117. The molecule has 0 saturated carbocycles. The second-order valence-corrected chi connectivity index (χ2v) is 3.37. The van der Waals surface area contributed by atoms with Crippen LogP contribution < -0.4 is 0 Å². The molecule has 0 spiro atoms. The van der Waals surface area contributed by atoms with Crippen LogP contribution in [-0.2, 0) is 9.53 Å². The van der Waals surface area contributed by atoms with E-state index in [4.69, 9.17) is 0 Å². The fourth-order valence-electron chi connectivity index (χ4n) is 0.904. The smallest absolute Gasteiger partial charge is 0.293 e. The molecule has 0 aliphatic carbocycles. The summed E-state index contributed by atoms with van der Waals surface area (Å²) in [7, 11) is 0. The van der Waals surface area contributed by atoms with E-state index in [-0.39, 0.29) is 5.25 Å². The largest absolute Gasteiger partial charge is 0.466 e. The summed E-state index contributed by atoms with van der Waals surface area (Å²) in [5.74, 6) is 0. The second kappa shape index (κ2) is 5.53. The molecular weight excluding hydrogens is 188 g/mol. The average Bonchev–Trinajstić information content (AvgIpc) is 2.21. The Morgan fingerprint density at radius 2 is 2.31 bits per heavy atom. The van der Waals surface area contributed by atoms with E-state index < -0.39 is 0 Å². The summed E-state index contributed by atoms with van der Waals surface area (Å²) < 4.78 is 4.68. The minimum Gasteiger partial charge on any atom is -0.466 e. The quantitative estimate of drug-likeness (QED) is 0.662. The highest BCUT2D eigenvalue weighted by Crippen LogP contribution is 2.24. The van der Waals surface area contributed by atoms with Gasteiger partial charge in [0.25, 0.3) is 6.47 Å². The molecule has 1 aromatic heterocycles. The molecule has 1 heterocycles. The Morgan fingerprint density at radius 1 is 1.62 bits per heavy atom. The van der Waals surface area contributed by atoms with Crippen molar-refractivity contribution in [3.63, 3.8) is 0 Å². The molecule has 0 saturated heterocycles. The molecule has 1 unspecified atom stereocenters. The zero-order chi connectivity index (χ0) is 9.52. The van der Waals surface area contributed by atoms with Crippen molar-refractivity contribution in [1.29, 1.82) is 0 Å². The maximum Gasteiger partial charge on any atom is 0.293 e. The molecule has 13 heavy (non-hydrogen) atoms. The maximum absolute atomic E-state index is 9.99. The highest BCUT2D eigenvalue weighted by Gasteiger charge is 2.10. The molecular formula is C8H10N2O2S. The highest BCUT2D eigenvalue weighted by atomic mass is 32.2. The molecule has 0 radical (unpaired) electrons. The Labute approximate surface area is 80.7 Å². The third kappa shape index (κ3) is 3.02. The fraction of sp³-hybridized carbons (Fsp3) is 0.375. The van der Waals surface area contributed by atoms with Crippen molar-refractivity contribution in [2.45, 2.75) is 5.25 Å². The summed E-state index contributed by atoms with van der Waals surface area (Å²) in [6, 6.07) is 0. The normalized spacial score (nSPS) is 12.1. The topological polar surface area (TPSA) is 52.1 Å². The standard InChI is InChI=1S/C8H10N2O2S/c1-13-8(4-12-6-11)7-2-9-5-10-3-7/h2-3,5-6,8H,4H2,1H3. The van der Waals surface area contributed by atoms with Crippen LogP contribution in [-0.4, -0.2) is 29.3 Å². The Bertz CT molecular complexity index is 256. The van der Waals surface area contributed by atoms with Crippen molar-refractivity contribution in [3.05, 3.63) is 24.3 Å². The molecule has 0 aliphatic heterocycles. The predicted octanol–water partition coefficient (Wildman–Crippen LogP) is 1.05. The Morgan fingerprint density at radius 3 is 2.85 bits per heavy atom. The van der Waals surface area contributed by atoms with Crippen LogP contribution in [0.4, 0.5) is 0 Å². The Kier molecular flexibility index (Phi) is 4.25. The van der Waals surface area contributed by atoms with Gasteiger partial charge >= 0.3 is 0 Å². The molecule has 4 nitrogen and oxygen atoms in total. The van der Waals surface area contributed by atoms with E-state index in [0.29, 0.717) is 13.1 Å². The zero-order valence-electron chi connectivity index (χ0n) is 7.21. The Balaban J connectivity index is 2.61. The molecule has 5 heteroatoms.